The zero-order chi connectivity index (χ0) is 87.0. The topological polar surface area (TPSA) is 75.8 Å². The number of nitrogens with zero attached hydrogens (tertiary/aromatic N) is 2. The number of fused-ring (bicyclic) bond motifs is 8. The Kier molecular flexibility index (Phi) is 25.6. The zero-order valence-corrected chi connectivity index (χ0v) is 81.5. The van der Waals surface area contributed by atoms with Crippen molar-refractivity contribution in [3.05, 3.63) is 261 Å². The van der Waals surface area contributed by atoms with Crippen LogP contribution in [-0.2, 0) is 52.8 Å². The molecule has 2 N–H and O–H groups in total. The van der Waals surface area contributed by atoms with Gasteiger partial charge in [-0.05, 0) is 282 Å². The average molecular weight is 1730 g/mol. The molecule has 4 aliphatic rings. The van der Waals surface area contributed by atoms with Gasteiger partial charge in [-0.25, -0.2) is 9.97 Å². The summed E-state index contributed by atoms with van der Waals surface area (Å²) in [4.78, 5) is 33.0. The molecule has 4 aliphatic heterocycles. The number of hydrogen-bond donors (Lipinski definition) is 2. The second-order valence-corrected chi connectivity index (χ2v) is 49.1. The number of nitrogens with one attached hydrogen (secondary N) is 2. The Hall–Kier alpha value is -7.62. The van der Waals surface area contributed by atoms with Crippen molar-refractivity contribution in [3.8, 4) is 44.5 Å². The van der Waals surface area contributed by atoms with Crippen LogP contribution in [0.5, 0.6) is 0 Å². The first-order valence-corrected chi connectivity index (χ1v) is 49.0. The highest BCUT2D eigenvalue weighted by molar-refractivity contribution is 8.09. The Labute approximate surface area is 755 Å². The SMILES string of the molecule is CC(C)(C)c1cc(-c2c3nc(c(-c4cc(C(C)(C)C)cc(C(C)(C)C)c4)c4ccc([nH]4)c(-c4cc(C(C)(C)C)cc(C(C)(C)C)c4)c4nc(c(-c5cc(C(C)(C)C)cc(C(C)(C)C)c5)c5ccc2[nH]5)C=C4Sc2ccc(Sc4ccc(SC5CCCCO5)cc4)cc2)C(Sc2ccc(Sc4ccc(SC5CCCCO5)cc4)cc2)=C3)cc(C(C)(C)C)c1. The first kappa shape index (κ1) is 89.2. The van der Waals surface area contributed by atoms with E-state index in [9.17, 15) is 0 Å². The average Bonchev–Trinajstić information content (AvgIpc) is 1.57. The van der Waals surface area contributed by atoms with E-state index < -0.39 is 0 Å². The van der Waals surface area contributed by atoms with Crippen LogP contribution in [0.4, 0.5) is 0 Å². The molecule has 0 radical (unpaired) electrons. The molecule has 6 nitrogen and oxygen atoms in total. The lowest BCUT2D eigenvalue weighted by Crippen LogP contribution is -2.16. The number of benzene rings is 8. The van der Waals surface area contributed by atoms with Gasteiger partial charge in [0.25, 0.3) is 0 Å². The van der Waals surface area contributed by atoms with E-state index in [1.807, 2.05) is 23.5 Å². The fourth-order valence-electron chi connectivity index (χ4n) is 16.0. The molecule has 8 bridgehead atoms. The first-order valence-electron chi connectivity index (χ1n) is 44.0. The quantitative estimate of drug-likeness (QED) is 0.0977. The van der Waals surface area contributed by atoms with Gasteiger partial charge < -0.3 is 19.4 Å². The van der Waals surface area contributed by atoms with Gasteiger partial charge in [0, 0.05) is 107 Å². The van der Waals surface area contributed by atoms with Crippen LogP contribution in [0.2, 0.25) is 0 Å². The summed E-state index contributed by atoms with van der Waals surface area (Å²) in [6.07, 6.45) is 11.8. The molecule has 7 heterocycles. The van der Waals surface area contributed by atoms with Crippen molar-refractivity contribution < 1.29 is 9.47 Å². The van der Waals surface area contributed by atoms with E-state index in [1.165, 1.54) is 86.7 Å². The summed E-state index contributed by atoms with van der Waals surface area (Å²) in [5.41, 5.74) is 24.9. The highest BCUT2D eigenvalue weighted by Crippen LogP contribution is 2.52. The van der Waals surface area contributed by atoms with E-state index >= 15 is 0 Å². The van der Waals surface area contributed by atoms with Gasteiger partial charge in [-0.15, -0.1) is 0 Å². The van der Waals surface area contributed by atoms with Crippen molar-refractivity contribution in [1.82, 2.24) is 19.9 Å². The number of thioether (sulfide) groups is 4. The molecule has 2 atom stereocenters. The molecule has 634 valence electrons. The molecule has 11 aromatic rings. The van der Waals surface area contributed by atoms with Gasteiger partial charge in [0.05, 0.1) is 22.8 Å². The summed E-state index contributed by atoms with van der Waals surface area (Å²) in [5, 5.41) is 0. The Bertz CT molecular complexity index is 5460. The number of aromatic amines is 2. The van der Waals surface area contributed by atoms with Crippen molar-refractivity contribution in [3.63, 3.8) is 0 Å². The highest BCUT2D eigenvalue weighted by atomic mass is 32.2. The summed E-state index contributed by atoms with van der Waals surface area (Å²) in [6.45, 7) is 58.1. The third kappa shape index (κ3) is 20.9. The lowest BCUT2D eigenvalue weighted by molar-refractivity contribution is 0.0727. The molecular formula is C110H126N4O2S6. The van der Waals surface area contributed by atoms with Crippen molar-refractivity contribution in [2.75, 3.05) is 13.2 Å². The molecule has 12 heteroatoms. The molecule has 0 saturated carbocycles. The van der Waals surface area contributed by atoms with Crippen molar-refractivity contribution >= 4 is 115 Å². The van der Waals surface area contributed by atoms with E-state index in [-0.39, 0.29) is 54.2 Å². The van der Waals surface area contributed by atoms with E-state index in [0.29, 0.717) is 0 Å². The van der Waals surface area contributed by atoms with E-state index in [0.717, 1.165) is 148 Å². The summed E-state index contributed by atoms with van der Waals surface area (Å²) in [7, 11) is 0. The third-order valence-corrected chi connectivity index (χ3v) is 30.2. The van der Waals surface area contributed by atoms with Gasteiger partial charge in [-0.2, -0.15) is 0 Å². The second-order valence-electron chi connectivity index (χ2n) is 42.1. The van der Waals surface area contributed by atoms with E-state index in [4.69, 9.17) is 19.4 Å². The van der Waals surface area contributed by atoms with Crippen LogP contribution in [0, 0.1) is 0 Å². The summed E-state index contributed by atoms with van der Waals surface area (Å²) >= 11 is 10.9. The normalized spacial score (nSPS) is 16.0. The van der Waals surface area contributed by atoms with Crippen LogP contribution in [0.3, 0.4) is 0 Å². The third-order valence-electron chi connectivity index (χ3n) is 23.7. The van der Waals surface area contributed by atoms with Crippen LogP contribution in [0.1, 0.15) is 272 Å². The largest absolute Gasteiger partial charge is 0.367 e. The predicted octanol–water partition coefficient (Wildman–Crippen LogP) is 33.5. The van der Waals surface area contributed by atoms with E-state index in [1.54, 1.807) is 47.0 Å². The maximum Gasteiger partial charge on any atom is 0.107 e. The molecule has 0 aliphatic carbocycles. The summed E-state index contributed by atoms with van der Waals surface area (Å²) in [6, 6.07) is 75.4. The molecule has 0 amide bonds. The minimum Gasteiger partial charge on any atom is -0.367 e. The fourth-order valence-corrected chi connectivity index (χ4v) is 21.6. The monoisotopic (exact) mass is 1730 g/mol. The molecule has 3 aromatic heterocycles. The first-order chi connectivity index (χ1) is 57.4. The molecule has 15 rings (SSSR count). The lowest BCUT2D eigenvalue weighted by Gasteiger charge is -2.26. The Morgan fingerprint density at radius 1 is 0.262 bits per heavy atom. The summed E-state index contributed by atoms with van der Waals surface area (Å²) in [5.74, 6) is 0. The van der Waals surface area contributed by atoms with Crippen molar-refractivity contribution in [2.24, 2.45) is 0 Å². The number of H-pyrrole nitrogens is 2. The van der Waals surface area contributed by atoms with Crippen molar-refractivity contribution in [2.45, 2.75) is 298 Å². The van der Waals surface area contributed by atoms with Gasteiger partial charge in [-0.3, -0.25) is 0 Å². The van der Waals surface area contributed by atoms with Crippen LogP contribution in [0.25, 0.3) is 88.5 Å². The minimum absolute atomic E-state index is 0.191. The molecule has 2 unspecified atom stereocenters. The van der Waals surface area contributed by atoms with Gasteiger partial charge in [0.1, 0.15) is 10.9 Å². The lowest BCUT2D eigenvalue weighted by atomic mass is 9.78. The number of rotatable bonds is 16. The molecular weight excluding hydrogens is 1600 g/mol. The Balaban J connectivity index is 1.05. The smallest absolute Gasteiger partial charge is 0.107 e. The molecule has 2 saturated heterocycles. The van der Waals surface area contributed by atoms with Crippen LogP contribution in [0.15, 0.2) is 233 Å². The Morgan fingerprint density at radius 2 is 0.484 bits per heavy atom. The molecule has 122 heavy (non-hydrogen) atoms. The van der Waals surface area contributed by atoms with Gasteiger partial charge in [-0.1, -0.05) is 310 Å². The van der Waals surface area contributed by atoms with Crippen LogP contribution < -0.4 is 0 Å². The second kappa shape index (κ2) is 35.0. The minimum atomic E-state index is -0.204. The van der Waals surface area contributed by atoms with Crippen LogP contribution in [-0.4, -0.2) is 44.0 Å². The maximum atomic E-state index is 6.35. The fraction of sp³-hybridized carbons (Fsp3) is 0.382. The number of ether oxygens (including phenoxy) is 2. The van der Waals surface area contributed by atoms with Gasteiger partial charge >= 0.3 is 0 Å². The summed E-state index contributed by atoms with van der Waals surface area (Å²) < 4.78 is 12.3. The maximum absolute atomic E-state index is 6.35. The number of hydrogen-bond acceptors (Lipinski definition) is 10. The van der Waals surface area contributed by atoms with Gasteiger partial charge in [0.2, 0.25) is 0 Å². The van der Waals surface area contributed by atoms with Gasteiger partial charge in [0.15, 0.2) is 0 Å². The predicted molar refractivity (Wildman–Crippen MR) is 533 cm³/mol. The zero-order valence-electron chi connectivity index (χ0n) is 76.6. The molecule has 2 fully saturated rings. The number of aromatic nitrogens is 4. The standard InChI is InChI=1S/C110H126N4O2S6/c1-103(2,3)71-53-67(54-72(61-71)104(4,5)6)97-87-47-48-88(111-87)98(68-55-73(105(7,8)9)62-74(56-68)106(10,11)12)92-66-94(120-84-41-33-80(34-42-84)118-82-37-45-86(46-38-82)122-96-30-26-28-52-116-96)102(114-92)100(70-59-77(109(19,20)21)64-78(60-70)110(22,23)24)90-50-49-89(112-90)99(69-57-75(107(13,14)15)63-76(58-69)108(16,17)18)101-93(65-91(97)113-101)119-83-39-31-79(32-40-83)117-81-35-43-85(44-36-81)121-95-29-25-27-51-115-95/h31-50,53-66,95-96,111-112H,25-30,51-52H2,1-24H3. The Morgan fingerprint density at radius 3 is 0.713 bits per heavy atom. The highest BCUT2D eigenvalue weighted by Gasteiger charge is 2.33. The van der Waals surface area contributed by atoms with Crippen molar-refractivity contribution in [1.29, 1.82) is 0 Å². The molecule has 8 aromatic carbocycles. The van der Waals surface area contributed by atoms with Crippen LogP contribution >= 0.6 is 70.6 Å². The van der Waals surface area contributed by atoms with E-state index in [2.05, 4.69) is 382 Å². The molecule has 0 spiro atoms.